The van der Waals surface area contributed by atoms with Crippen molar-refractivity contribution in [1.29, 1.82) is 5.26 Å². The third kappa shape index (κ3) is 4.80. The van der Waals surface area contributed by atoms with Crippen LogP contribution in [0, 0.1) is 11.3 Å². The molecule has 0 fully saturated rings. The number of fused-ring (bicyclic) bond motifs is 1. The van der Waals surface area contributed by atoms with Gasteiger partial charge in [0.15, 0.2) is 0 Å². The summed E-state index contributed by atoms with van der Waals surface area (Å²) in [7, 11) is 4.83. The first-order chi connectivity index (χ1) is 16.1. The SMILES string of the molecule is COc1ccc(CNc2ccc(Cc3ccc4ncc(OC)nc4c3C#N)cc2OC)cc1. The van der Waals surface area contributed by atoms with Gasteiger partial charge in [0.25, 0.3) is 0 Å². The zero-order chi connectivity index (χ0) is 23.2. The first-order valence-electron chi connectivity index (χ1n) is 10.4. The van der Waals surface area contributed by atoms with Gasteiger partial charge >= 0.3 is 0 Å². The van der Waals surface area contributed by atoms with Crippen LogP contribution in [0.4, 0.5) is 5.69 Å². The van der Waals surface area contributed by atoms with E-state index in [9.17, 15) is 5.26 Å². The highest BCUT2D eigenvalue weighted by molar-refractivity contribution is 5.82. The molecule has 4 rings (SSSR count). The molecule has 0 unspecified atom stereocenters. The molecule has 33 heavy (non-hydrogen) atoms. The molecule has 0 saturated carbocycles. The van der Waals surface area contributed by atoms with E-state index in [0.717, 1.165) is 33.9 Å². The van der Waals surface area contributed by atoms with Crippen molar-refractivity contribution in [2.75, 3.05) is 26.6 Å². The molecule has 0 saturated heterocycles. The normalized spacial score (nSPS) is 10.5. The van der Waals surface area contributed by atoms with E-state index >= 15 is 0 Å². The average Bonchev–Trinajstić information content (AvgIpc) is 2.87. The largest absolute Gasteiger partial charge is 0.497 e. The molecule has 0 aliphatic heterocycles. The van der Waals surface area contributed by atoms with Crippen LogP contribution in [0.15, 0.2) is 60.8 Å². The third-order valence-electron chi connectivity index (χ3n) is 5.40. The number of benzene rings is 3. The number of nitrogens with zero attached hydrogens (tertiary/aromatic N) is 3. The topological polar surface area (TPSA) is 89.3 Å². The van der Waals surface area contributed by atoms with Gasteiger partial charge in [0.05, 0.1) is 44.3 Å². The van der Waals surface area contributed by atoms with Crippen LogP contribution in [0.3, 0.4) is 0 Å². The first kappa shape index (κ1) is 21.9. The van der Waals surface area contributed by atoms with E-state index in [0.29, 0.717) is 35.4 Å². The van der Waals surface area contributed by atoms with Crippen molar-refractivity contribution in [2.24, 2.45) is 0 Å². The Labute approximate surface area is 192 Å². The minimum atomic E-state index is 0.380. The third-order valence-corrected chi connectivity index (χ3v) is 5.40. The second kappa shape index (κ2) is 9.88. The molecule has 7 nitrogen and oxygen atoms in total. The molecular weight excluding hydrogens is 416 g/mol. The van der Waals surface area contributed by atoms with Gasteiger partial charge in [0.2, 0.25) is 5.88 Å². The van der Waals surface area contributed by atoms with Crippen molar-refractivity contribution in [1.82, 2.24) is 9.97 Å². The predicted molar refractivity (Wildman–Crippen MR) is 127 cm³/mol. The van der Waals surface area contributed by atoms with Crippen LogP contribution in [-0.4, -0.2) is 31.3 Å². The molecule has 0 radical (unpaired) electrons. The summed E-state index contributed by atoms with van der Waals surface area (Å²) in [5, 5.41) is 13.2. The number of nitrogens with one attached hydrogen (secondary N) is 1. The van der Waals surface area contributed by atoms with Crippen molar-refractivity contribution in [2.45, 2.75) is 13.0 Å². The van der Waals surface area contributed by atoms with Crippen molar-refractivity contribution in [3.8, 4) is 23.4 Å². The molecule has 4 aromatic rings. The molecule has 0 bridgehead atoms. The Morgan fingerprint density at radius 3 is 2.39 bits per heavy atom. The monoisotopic (exact) mass is 440 g/mol. The lowest BCUT2D eigenvalue weighted by atomic mass is 9.98. The number of hydrogen-bond acceptors (Lipinski definition) is 7. The summed E-state index contributed by atoms with van der Waals surface area (Å²) in [6, 6.07) is 20.0. The highest BCUT2D eigenvalue weighted by atomic mass is 16.5. The van der Waals surface area contributed by atoms with Gasteiger partial charge in [-0.05, 0) is 53.4 Å². The van der Waals surface area contributed by atoms with Gasteiger partial charge < -0.3 is 19.5 Å². The van der Waals surface area contributed by atoms with E-state index in [4.69, 9.17) is 14.2 Å². The van der Waals surface area contributed by atoms with Gasteiger partial charge in [-0.3, -0.25) is 0 Å². The van der Waals surface area contributed by atoms with Gasteiger partial charge in [-0.2, -0.15) is 5.26 Å². The van der Waals surface area contributed by atoms with Crippen molar-refractivity contribution < 1.29 is 14.2 Å². The fourth-order valence-corrected chi connectivity index (χ4v) is 3.63. The van der Waals surface area contributed by atoms with E-state index < -0.39 is 0 Å². The molecule has 0 aliphatic rings. The number of anilines is 1. The van der Waals surface area contributed by atoms with E-state index in [1.165, 1.54) is 7.11 Å². The number of aromatic nitrogens is 2. The van der Waals surface area contributed by atoms with Crippen molar-refractivity contribution in [3.05, 3.63) is 83.0 Å². The van der Waals surface area contributed by atoms with Crippen LogP contribution < -0.4 is 19.5 Å². The minimum absolute atomic E-state index is 0.380. The molecule has 7 heteroatoms. The fourth-order valence-electron chi connectivity index (χ4n) is 3.63. The van der Waals surface area contributed by atoms with Crippen LogP contribution in [-0.2, 0) is 13.0 Å². The summed E-state index contributed by atoms with van der Waals surface area (Å²) >= 11 is 0. The van der Waals surface area contributed by atoms with Gasteiger partial charge in [0.1, 0.15) is 23.1 Å². The van der Waals surface area contributed by atoms with E-state index in [-0.39, 0.29) is 0 Å². The van der Waals surface area contributed by atoms with Crippen LogP contribution in [0.5, 0.6) is 17.4 Å². The highest BCUT2D eigenvalue weighted by Crippen LogP contribution is 2.29. The van der Waals surface area contributed by atoms with Crippen molar-refractivity contribution >= 4 is 16.7 Å². The lowest BCUT2D eigenvalue weighted by Gasteiger charge is -2.14. The van der Waals surface area contributed by atoms with Crippen molar-refractivity contribution in [3.63, 3.8) is 0 Å². The van der Waals surface area contributed by atoms with E-state index in [2.05, 4.69) is 21.4 Å². The molecule has 3 aromatic carbocycles. The number of methoxy groups -OCH3 is 3. The van der Waals surface area contributed by atoms with Gasteiger partial charge in [-0.1, -0.05) is 24.3 Å². The van der Waals surface area contributed by atoms with Crippen LogP contribution in [0.1, 0.15) is 22.3 Å². The lowest BCUT2D eigenvalue weighted by Crippen LogP contribution is -2.03. The maximum absolute atomic E-state index is 9.81. The molecule has 0 atom stereocenters. The molecule has 0 amide bonds. The van der Waals surface area contributed by atoms with Gasteiger partial charge in [-0.15, -0.1) is 0 Å². The second-order valence-electron chi connectivity index (χ2n) is 7.40. The first-order valence-corrected chi connectivity index (χ1v) is 10.4. The predicted octanol–water partition coefficient (Wildman–Crippen LogP) is 4.73. The Bertz CT molecular complexity index is 1310. The zero-order valence-electron chi connectivity index (χ0n) is 18.8. The number of hydrogen-bond donors (Lipinski definition) is 1. The summed E-state index contributed by atoms with van der Waals surface area (Å²) in [5.41, 5.74) is 5.62. The van der Waals surface area contributed by atoms with Gasteiger partial charge in [-0.25, -0.2) is 9.97 Å². The summed E-state index contributed by atoms with van der Waals surface area (Å²) in [4.78, 5) is 8.76. The molecule has 0 aliphatic carbocycles. The van der Waals surface area contributed by atoms with Crippen LogP contribution in [0.25, 0.3) is 11.0 Å². The Morgan fingerprint density at radius 1 is 0.909 bits per heavy atom. The second-order valence-corrected chi connectivity index (χ2v) is 7.40. The summed E-state index contributed by atoms with van der Waals surface area (Å²) in [5.74, 6) is 1.95. The van der Waals surface area contributed by atoms with Gasteiger partial charge in [0, 0.05) is 6.54 Å². The standard InChI is InChI=1S/C26H24N4O3/c1-31-20-8-4-17(5-9-20)15-28-22-10-6-18(13-24(22)32-2)12-19-7-11-23-26(21(19)14-27)30-25(33-3)16-29-23/h4-11,13,16,28H,12,15H2,1-3H3. The van der Waals surface area contributed by atoms with E-state index in [1.807, 2.05) is 54.6 Å². The fraction of sp³-hybridized carbons (Fsp3) is 0.192. The Hall–Kier alpha value is -4.31. The molecular formula is C26H24N4O3. The maximum Gasteiger partial charge on any atom is 0.232 e. The summed E-state index contributed by atoms with van der Waals surface area (Å²) < 4.78 is 16.0. The summed E-state index contributed by atoms with van der Waals surface area (Å²) in [6.45, 7) is 0.656. The van der Waals surface area contributed by atoms with Crippen LogP contribution >= 0.6 is 0 Å². The number of nitriles is 1. The maximum atomic E-state index is 9.81. The Morgan fingerprint density at radius 2 is 1.70 bits per heavy atom. The number of ether oxygens (including phenoxy) is 3. The number of rotatable bonds is 8. The smallest absolute Gasteiger partial charge is 0.232 e. The van der Waals surface area contributed by atoms with E-state index in [1.54, 1.807) is 20.4 Å². The molecule has 0 spiro atoms. The minimum Gasteiger partial charge on any atom is -0.497 e. The Balaban J connectivity index is 1.56. The molecule has 166 valence electrons. The molecule has 1 N–H and O–H groups in total. The highest BCUT2D eigenvalue weighted by Gasteiger charge is 2.13. The zero-order valence-corrected chi connectivity index (χ0v) is 18.8. The van der Waals surface area contributed by atoms with Crippen LogP contribution in [0.2, 0.25) is 0 Å². The molecule has 1 aromatic heterocycles. The lowest BCUT2D eigenvalue weighted by molar-refractivity contribution is 0.397. The Kier molecular flexibility index (Phi) is 6.56. The quantitative estimate of drug-likeness (QED) is 0.424. The molecule has 1 heterocycles. The summed E-state index contributed by atoms with van der Waals surface area (Å²) in [6.07, 6.45) is 2.11. The average molecular weight is 441 g/mol.